The molecule has 0 saturated carbocycles. The number of carbonyl (C=O) groups excluding carboxylic acids is 2. The third kappa shape index (κ3) is 4.12. The molecule has 0 N–H and O–H groups in total. The predicted octanol–water partition coefficient (Wildman–Crippen LogP) is 1.70. The van der Waals surface area contributed by atoms with Crippen molar-refractivity contribution in [1.29, 1.82) is 0 Å². The second-order valence-electron chi connectivity index (χ2n) is 6.35. The van der Waals surface area contributed by atoms with E-state index in [9.17, 15) is 18.4 Å². The highest BCUT2D eigenvalue weighted by Crippen LogP contribution is 2.39. The molecular weight excluding hydrogens is 348 g/mol. The zero-order chi connectivity index (χ0) is 18.0. The first-order valence-electron chi connectivity index (χ1n) is 8.28. The van der Waals surface area contributed by atoms with Gasteiger partial charge in [-0.2, -0.15) is 0 Å². The van der Waals surface area contributed by atoms with Crippen LogP contribution in [0.2, 0.25) is 0 Å². The molecule has 2 amide bonds. The van der Waals surface area contributed by atoms with E-state index in [0.29, 0.717) is 13.1 Å². The van der Waals surface area contributed by atoms with Crippen molar-refractivity contribution in [2.75, 3.05) is 45.5 Å². The molecule has 3 rings (SSSR count). The normalized spacial score (nSPS) is 21.9. The van der Waals surface area contributed by atoms with Gasteiger partial charge in [0.1, 0.15) is 17.0 Å². The molecule has 25 heavy (non-hydrogen) atoms. The first-order chi connectivity index (χ1) is 12.0. The summed E-state index contributed by atoms with van der Waals surface area (Å²) in [5.74, 6) is -1.18. The standard InChI is InChI=1S/C17H21F2N3O2S/c1-20-6-8-21(9-7-20)15(23)4-5-22-16(24)11-25-17(22)13-3-2-12(18)10-14(13)19/h2-3,10,17H,4-9,11H2,1H3. The van der Waals surface area contributed by atoms with Crippen LogP contribution in [0.3, 0.4) is 0 Å². The molecule has 2 saturated heterocycles. The molecule has 1 atom stereocenters. The van der Waals surface area contributed by atoms with Gasteiger partial charge in [0.05, 0.1) is 5.75 Å². The highest BCUT2D eigenvalue weighted by molar-refractivity contribution is 8.00. The van der Waals surface area contributed by atoms with Gasteiger partial charge >= 0.3 is 0 Å². The van der Waals surface area contributed by atoms with E-state index in [1.807, 2.05) is 7.05 Å². The summed E-state index contributed by atoms with van der Waals surface area (Å²) < 4.78 is 27.2. The second kappa shape index (κ2) is 7.70. The number of piperazine rings is 1. The minimum atomic E-state index is -0.664. The van der Waals surface area contributed by atoms with Crippen molar-refractivity contribution in [3.63, 3.8) is 0 Å². The molecule has 2 heterocycles. The van der Waals surface area contributed by atoms with E-state index in [4.69, 9.17) is 0 Å². The molecule has 0 aliphatic carbocycles. The van der Waals surface area contributed by atoms with Gasteiger partial charge in [-0.05, 0) is 13.1 Å². The topological polar surface area (TPSA) is 43.9 Å². The minimum absolute atomic E-state index is 0.0103. The molecule has 0 bridgehead atoms. The molecule has 1 unspecified atom stereocenters. The van der Waals surface area contributed by atoms with Gasteiger partial charge in [-0.15, -0.1) is 11.8 Å². The maximum absolute atomic E-state index is 14.1. The lowest BCUT2D eigenvalue weighted by Crippen LogP contribution is -2.47. The summed E-state index contributed by atoms with van der Waals surface area (Å²) in [6.07, 6.45) is 0.218. The molecule has 1 aromatic rings. The van der Waals surface area contributed by atoms with Gasteiger partial charge in [-0.1, -0.05) is 6.07 Å². The number of hydrogen-bond donors (Lipinski definition) is 0. The summed E-state index contributed by atoms with van der Waals surface area (Å²) in [6.45, 7) is 3.31. The molecule has 5 nitrogen and oxygen atoms in total. The molecular formula is C17H21F2N3O2S. The van der Waals surface area contributed by atoms with Gasteiger partial charge in [0.2, 0.25) is 11.8 Å². The Morgan fingerprint density at radius 2 is 1.96 bits per heavy atom. The zero-order valence-electron chi connectivity index (χ0n) is 14.1. The lowest BCUT2D eigenvalue weighted by atomic mass is 10.1. The lowest BCUT2D eigenvalue weighted by molar-refractivity contribution is -0.134. The Hall–Kier alpha value is -1.67. The first kappa shape index (κ1) is 18.1. The summed E-state index contributed by atoms with van der Waals surface area (Å²) in [7, 11) is 2.02. The van der Waals surface area contributed by atoms with E-state index in [1.165, 1.54) is 28.8 Å². The van der Waals surface area contributed by atoms with Crippen molar-refractivity contribution in [3.05, 3.63) is 35.4 Å². The molecule has 136 valence electrons. The summed E-state index contributed by atoms with van der Waals surface area (Å²) in [5, 5.41) is -0.506. The third-order valence-corrected chi connectivity index (χ3v) is 5.86. The monoisotopic (exact) mass is 369 g/mol. The van der Waals surface area contributed by atoms with Crippen LogP contribution in [0, 0.1) is 11.6 Å². The molecule has 0 aromatic heterocycles. The zero-order valence-corrected chi connectivity index (χ0v) is 14.9. The van der Waals surface area contributed by atoms with E-state index >= 15 is 0 Å². The molecule has 2 aliphatic rings. The SMILES string of the molecule is CN1CCN(C(=O)CCN2C(=O)CSC2c2ccc(F)cc2F)CC1. The van der Waals surface area contributed by atoms with Crippen LogP contribution in [0.15, 0.2) is 18.2 Å². The quantitative estimate of drug-likeness (QED) is 0.810. The van der Waals surface area contributed by atoms with Gasteiger partial charge in [-0.25, -0.2) is 8.78 Å². The third-order valence-electron chi connectivity index (χ3n) is 4.62. The molecule has 8 heteroatoms. The number of rotatable bonds is 4. The fourth-order valence-corrected chi connectivity index (χ4v) is 4.33. The smallest absolute Gasteiger partial charge is 0.233 e. The number of thioether (sulfide) groups is 1. The minimum Gasteiger partial charge on any atom is -0.340 e. The predicted molar refractivity (Wildman–Crippen MR) is 92.0 cm³/mol. The summed E-state index contributed by atoms with van der Waals surface area (Å²) >= 11 is 1.30. The van der Waals surface area contributed by atoms with E-state index in [1.54, 1.807) is 4.90 Å². The summed E-state index contributed by atoms with van der Waals surface area (Å²) in [4.78, 5) is 30.0. The number of likely N-dealkylation sites (N-methyl/N-ethyl adjacent to an activating group) is 1. The Bertz CT molecular complexity index is 665. The first-order valence-corrected chi connectivity index (χ1v) is 9.33. The van der Waals surface area contributed by atoms with E-state index in [2.05, 4.69) is 4.90 Å². The molecule has 2 fully saturated rings. The number of nitrogens with zero attached hydrogens (tertiary/aromatic N) is 3. The van der Waals surface area contributed by atoms with Crippen LogP contribution in [0.5, 0.6) is 0 Å². The summed E-state index contributed by atoms with van der Waals surface area (Å²) in [5.41, 5.74) is 0.282. The van der Waals surface area contributed by atoms with Gasteiger partial charge < -0.3 is 14.7 Å². The van der Waals surface area contributed by atoms with Gasteiger partial charge in [0.25, 0.3) is 0 Å². The van der Waals surface area contributed by atoms with Crippen LogP contribution in [0.4, 0.5) is 8.78 Å². The number of hydrogen-bond acceptors (Lipinski definition) is 4. The van der Waals surface area contributed by atoms with E-state index in [0.717, 1.165) is 19.2 Å². The largest absolute Gasteiger partial charge is 0.340 e. The van der Waals surface area contributed by atoms with Crippen molar-refractivity contribution in [2.24, 2.45) is 0 Å². The Morgan fingerprint density at radius 3 is 2.64 bits per heavy atom. The fraction of sp³-hybridized carbons (Fsp3) is 0.529. The van der Waals surface area contributed by atoms with Crippen molar-refractivity contribution in [3.8, 4) is 0 Å². The van der Waals surface area contributed by atoms with Gasteiger partial charge in [0.15, 0.2) is 0 Å². The Labute approximate surface area is 149 Å². The molecule has 2 aliphatic heterocycles. The number of halogens is 2. The molecule has 1 aromatic carbocycles. The van der Waals surface area contributed by atoms with Crippen molar-refractivity contribution in [2.45, 2.75) is 11.8 Å². The average Bonchev–Trinajstić information content (AvgIpc) is 2.94. The fourth-order valence-electron chi connectivity index (χ4n) is 3.09. The maximum Gasteiger partial charge on any atom is 0.233 e. The van der Waals surface area contributed by atoms with Gasteiger partial charge in [0, 0.05) is 50.8 Å². The second-order valence-corrected chi connectivity index (χ2v) is 7.42. The Balaban J connectivity index is 1.63. The van der Waals surface area contributed by atoms with Gasteiger partial charge in [-0.3, -0.25) is 9.59 Å². The van der Waals surface area contributed by atoms with Crippen LogP contribution in [0.25, 0.3) is 0 Å². The number of carbonyl (C=O) groups is 2. The average molecular weight is 369 g/mol. The van der Waals surface area contributed by atoms with Crippen LogP contribution < -0.4 is 0 Å². The maximum atomic E-state index is 14.1. The molecule has 0 radical (unpaired) electrons. The number of benzene rings is 1. The van der Waals surface area contributed by atoms with Crippen molar-refractivity contribution in [1.82, 2.24) is 14.7 Å². The molecule has 0 spiro atoms. The highest BCUT2D eigenvalue weighted by atomic mass is 32.2. The van der Waals surface area contributed by atoms with Crippen LogP contribution in [0.1, 0.15) is 17.4 Å². The van der Waals surface area contributed by atoms with Crippen molar-refractivity contribution >= 4 is 23.6 Å². The van der Waals surface area contributed by atoms with Crippen molar-refractivity contribution < 1.29 is 18.4 Å². The van der Waals surface area contributed by atoms with Crippen LogP contribution in [-0.2, 0) is 9.59 Å². The Morgan fingerprint density at radius 1 is 1.24 bits per heavy atom. The van der Waals surface area contributed by atoms with Crippen LogP contribution >= 0.6 is 11.8 Å². The number of amides is 2. The van der Waals surface area contributed by atoms with Crippen LogP contribution in [-0.4, -0.2) is 72.0 Å². The highest BCUT2D eigenvalue weighted by Gasteiger charge is 2.35. The summed E-state index contributed by atoms with van der Waals surface area (Å²) in [6, 6.07) is 3.39. The van der Waals surface area contributed by atoms with E-state index in [-0.39, 0.29) is 36.1 Å². The Kier molecular flexibility index (Phi) is 5.58. The lowest BCUT2D eigenvalue weighted by Gasteiger charge is -2.33. The van der Waals surface area contributed by atoms with E-state index < -0.39 is 17.0 Å².